The van der Waals surface area contributed by atoms with Gasteiger partial charge in [0.1, 0.15) is 0 Å². The van der Waals surface area contributed by atoms with Crippen molar-refractivity contribution in [1.82, 2.24) is 5.32 Å². The highest BCUT2D eigenvalue weighted by Crippen LogP contribution is 2.17. The Morgan fingerprint density at radius 3 is 2.29 bits per heavy atom. The molecule has 0 heterocycles. The van der Waals surface area contributed by atoms with Crippen molar-refractivity contribution in [3.05, 3.63) is 35.9 Å². The summed E-state index contributed by atoms with van der Waals surface area (Å²) in [6.07, 6.45) is 2.13. The lowest BCUT2D eigenvalue weighted by Crippen LogP contribution is -2.49. The van der Waals surface area contributed by atoms with E-state index < -0.39 is 0 Å². The predicted octanol–water partition coefficient (Wildman–Crippen LogP) is 3.14. The van der Waals surface area contributed by atoms with Crippen LogP contribution < -0.4 is 5.32 Å². The summed E-state index contributed by atoms with van der Waals surface area (Å²) >= 11 is 5.96. The topological polar surface area (TPSA) is 29.1 Å². The van der Waals surface area contributed by atoms with Crippen LogP contribution in [0.25, 0.3) is 0 Å². The number of carbonyl (C=O) groups excluding carboxylic acids is 1. The molecule has 1 rings (SSSR count). The SMILES string of the molecule is CCC(CC)(CCl)NC(=O)Cc1ccccc1. The largest absolute Gasteiger partial charge is 0.349 e. The first kappa shape index (κ1) is 14.0. The van der Waals surface area contributed by atoms with Crippen LogP contribution in [-0.4, -0.2) is 17.3 Å². The molecule has 0 saturated carbocycles. The summed E-state index contributed by atoms with van der Waals surface area (Å²) in [6.45, 7) is 4.10. The number of nitrogens with one attached hydrogen (secondary N) is 1. The van der Waals surface area contributed by atoms with Crippen LogP contribution >= 0.6 is 11.6 Å². The minimum atomic E-state index is -0.257. The Hall–Kier alpha value is -1.02. The molecule has 0 aliphatic carbocycles. The molecule has 17 heavy (non-hydrogen) atoms. The lowest BCUT2D eigenvalue weighted by Gasteiger charge is -2.30. The van der Waals surface area contributed by atoms with Crippen molar-refractivity contribution in [3.8, 4) is 0 Å². The van der Waals surface area contributed by atoms with E-state index in [1.807, 2.05) is 30.3 Å². The van der Waals surface area contributed by atoms with Gasteiger partial charge in [0.2, 0.25) is 5.91 Å². The summed E-state index contributed by atoms with van der Waals surface area (Å²) in [5.74, 6) is 0.501. The van der Waals surface area contributed by atoms with Crippen molar-refractivity contribution in [2.75, 3.05) is 5.88 Å². The molecule has 0 spiro atoms. The molecule has 0 radical (unpaired) electrons. The first-order valence-electron chi connectivity index (χ1n) is 6.06. The zero-order valence-electron chi connectivity index (χ0n) is 10.5. The van der Waals surface area contributed by atoms with Crippen LogP contribution in [0, 0.1) is 0 Å². The van der Waals surface area contributed by atoms with Crippen molar-refractivity contribution >= 4 is 17.5 Å². The van der Waals surface area contributed by atoms with Gasteiger partial charge in [0.05, 0.1) is 12.0 Å². The van der Waals surface area contributed by atoms with E-state index in [4.69, 9.17) is 11.6 Å². The number of hydrogen-bond donors (Lipinski definition) is 1. The highest BCUT2D eigenvalue weighted by atomic mass is 35.5. The third-order valence-electron chi connectivity index (χ3n) is 3.22. The first-order chi connectivity index (χ1) is 8.15. The highest BCUT2D eigenvalue weighted by molar-refractivity contribution is 6.18. The molecule has 0 saturated heterocycles. The normalized spacial score (nSPS) is 11.2. The van der Waals surface area contributed by atoms with Gasteiger partial charge >= 0.3 is 0 Å². The summed E-state index contributed by atoms with van der Waals surface area (Å²) in [5, 5.41) is 3.06. The van der Waals surface area contributed by atoms with E-state index in [1.54, 1.807) is 0 Å². The van der Waals surface area contributed by atoms with Gasteiger partial charge in [-0.25, -0.2) is 0 Å². The number of carbonyl (C=O) groups is 1. The first-order valence-corrected chi connectivity index (χ1v) is 6.60. The molecule has 0 fully saturated rings. The number of alkyl halides is 1. The molecule has 3 heteroatoms. The van der Waals surface area contributed by atoms with E-state index in [0.29, 0.717) is 12.3 Å². The molecule has 1 amide bonds. The zero-order chi connectivity index (χ0) is 12.7. The number of amides is 1. The molecule has 1 N–H and O–H groups in total. The minimum Gasteiger partial charge on any atom is -0.349 e. The third-order valence-corrected chi connectivity index (χ3v) is 3.73. The summed E-state index contributed by atoms with van der Waals surface area (Å²) in [7, 11) is 0. The fourth-order valence-electron chi connectivity index (χ4n) is 1.77. The molecular formula is C14H20ClNO. The predicted molar refractivity (Wildman–Crippen MR) is 72.3 cm³/mol. The molecule has 2 nitrogen and oxygen atoms in total. The van der Waals surface area contributed by atoms with Crippen LogP contribution in [0.5, 0.6) is 0 Å². The van der Waals surface area contributed by atoms with Gasteiger partial charge in [-0.1, -0.05) is 44.2 Å². The Morgan fingerprint density at radius 1 is 1.24 bits per heavy atom. The van der Waals surface area contributed by atoms with Crippen LogP contribution in [0.15, 0.2) is 30.3 Å². The maximum atomic E-state index is 11.9. The van der Waals surface area contributed by atoms with Gasteiger partial charge in [0.25, 0.3) is 0 Å². The summed E-state index contributed by atoms with van der Waals surface area (Å²) in [6, 6.07) is 9.75. The number of benzene rings is 1. The van der Waals surface area contributed by atoms with Crippen molar-refractivity contribution in [2.45, 2.75) is 38.6 Å². The maximum Gasteiger partial charge on any atom is 0.224 e. The smallest absolute Gasteiger partial charge is 0.224 e. The van der Waals surface area contributed by atoms with Gasteiger partial charge in [0.15, 0.2) is 0 Å². The average molecular weight is 254 g/mol. The summed E-state index contributed by atoms with van der Waals surface area (Å²) in [4.78, 5) is 11.9. The summed E-state index contributed by atoms with van der Waals surface area (Å²) in [5.41, 5.74) is 0.772. The molecular weight excluding hydrogens is 234 g/mol. The molecule has 1 aromatic rings. The number of rotatable bonds is 6. The molecule has 1 aromatic carbocycles. The van der Waals surface area contributed by atoms with Gasteiger partial charge in [0, 0.05) is 5.88 Å². The Kier molecular flexibility index (Phi) is 5.49. The fraction of sp³-hybridized carbons (Fsp3) is 0.500. The second-order valence-electron chi connectivity index (χ2n) is 4.33. The average Bonchev–Trinajstić information content (AvgIpc) is 2.37. The molecule has 0 aliphatic heterocycles. The van der Waals surface area contributed by atoms with Crippen molar-refractivity contribution in [3.63, 3.8) is 0 Å². The van der Waals surface area contributed by atoms with Crippen molar-refractivity contribution in [1.29, 1.82) is 0 Å². The van der Waals surface area contributed by atoms with Gasteiger partial charge in [-0.3, -0.25) is 4.79 Å². The second-order valence-corrected chi connectivity index (χ2v) is 4.60. The van der Waals surface area contributed by atoms with Crippen LogP contribution in [0.3, 0.4) is 0 Å². The van der Waals surface area contributed by atoms with Gasteiger partial charge in [-0.05, 0) is 18.4 Å². The van der Waals surface area contributed by atoms with E-state index in [2.05, 4.69) is 19.2 Å². The summed E-state index contributed by atoms with van der Waals surface area (Å²) < 4.78 is 0. The Bertz CT molecular complexity index is 338. The standard InChI is InChI=1S/C14H20ClNO/c1-3-14(4-2,11-15)16-13(17)10-12-8-6-5-7-9-12/h5-9H,3-4,10-11H2,1-2H3,(H,16,17). The Balaban J connectivity index is 2.60. The number of halogens is 1. The van der Waals surface area contributed by atoms with E-state index in [9.17, 15) is 4.79 Å². The Labute approximate surface area is 108 Å². The van der Waals surface area contributed by atoms with Crippen LogP contribution in [-0.2, 0) is 11.2 Å². The fourth-order valence-corrected chi connectivity index (χ4v) is 2.22. The molecule has 0 bridgehead atoms. The third kappa shape index (κ3) is 4.04. The zero-order valence-corrected chi connectivity index (χ0v) is 11.3. The lowest BCUT2D eigenvalue weighted by atomic mass is 9.95. The Morgan fingerprint density at radius 2 is 1.82 bits per heavy atom. The molecule has 0 aliphatic rings. The molecule has 0 aromatic heterocycles. The van der Waals surface area contributed by atoms with Crippen molar-refractivity contribution < 1.29 is 4.79 Å². The lowest BCUT2D eigenvalue weighted by molar-refractivity contribution is -0.122. The molecule has 0 unspecified atom stereocenters. The number of hydrogen-bond acceptors (Lipinski definition) is 1. The van der Waals surface area contributed by atoms with Gasteiger partial charge in [-0.2, -0.15) is 0 Å². The quantitative estimate of drug-likeness (QED) is 0.776. The van der Waals surface area contributed by atoms with Crippen LogP contribution in [0.1, 0.15) is 32.3 Å². The monoisotopic (exact) mass is 253 g/mol. The van der Waals surface area contributed by atoms with E-state index in [-0.39, 0.29) is 11.4 Å². The van der Waals surface area contributed by atoms with Crippen LogP contribution in [0.4, 0.5) is 0 Å². The maximum absolute atomic E-state index is 11.9. The highest BCUT2D eigenvalue weighted by Gasteiger charge is 2.26. The van der Waals surface area contributed by atoms with Crippen molar-refractivity contribution in [2.24, 2.45) is 0 Å². The van der Waals surface area contributed by atoms with Gasteiger partial charge in [-0.15, -0.1) is 11.6 Å². The van der Waals surface area contributed by atoms with E-state index in [0.717, 1.165) is 18.4 Å². The van der Waals surface area contributed by atoms with E-state index in [1.165, 1.54) is 0 Å². The van der Waals surface area contributed by atoms with Gasteiger partial charge < -0.3 is 5.32 Å². The van der Waals surface area contributed by atoms with Crippen LogP contribution in [0.2, 0.25) is 0 Å². The molecule has 0 atom stereocenters. The molecule has 94 valence electrons. The van der Waals surface area contributed by atoms with E-state index >= 15 is 0 Å². The minimum absolute atomic E-state index is 0.0422. The second kappa shape index (κ2) is 6.65.